The molecule has 1 unspecified atom stereocenters. The van der Waals surface area contributed by atoms with Crippen LogP contribution < -0.4 is 0 Å². The van der Waals surface area contributed by atoms with E-state index in [0.29, 0.717) is 0 Å². The van der Waals surface area contributed by atoms with E-state index in [0.717, 1.165) is 34.9 Å². The molecule has 0 bridgehead atoms. The Morgan fingerprint density at radius 3 is 2.80 bits per heavy atom. The summed E-state index contributed by atoms with van der Waals surface area (Å²) >= 11 is 3.49. The fourth-order valence-electron chi connectivity index (χ4n) is 3.03. The summed E-state index contributed by atoms with van der Waals surface area (Å²) in [5.74, 6) is 0.285. The molecule has 1 atom stereocenters. The first-order valence-corrected chi connectivity index (χ1v) is 7.84. The summed E-state index contributed by atoms with van der Waals surface area (Å²) in [6.45, 7) is 2.02. The summed E-state index contributed by atoms with van der Waals surface area (Å²) in [5, 5.41) is 0. The molecule has 0 fully saturated rings. The van der Waals surface area contributed by atoms with Gasteiger partial charge in [-0.25, -0.2) is 0 Å². The van der Waals surface area contributed by atoms with Gasteiger partial charge in [-0.3, -0.25) is 4.79 Å². The van der Waals surface area contributed by atoms with Gasteiger partial charge in [0, 0.05) is 16.0 Å². The number of ketones is 1. The fourth-order valence-corrected chi connectivity index (χ4v) is 3.27. The van der Waals surface area contributed by atoms with Crippen LogP contribution in [-0.2, 0) is 6.42 Å². The second-order valence-electron chi connectivity index (χ2n) is 5.47. The highest BCUT2D eigenvalue weighted by atomic mass is 79.9. The lowest BCUT2D eigenvalue weighted by molar-refractivity contribution is 0.0951. The van der Waals surface area contributed by atoms with Gasteiger partial charge in [-0.05, 0) is 55.0 Å². The zero-order valence-corrected chi connectivity index (χ0v) is 13.1. The average Bonchev–Trinajstić information content (AvgIpc) is 2.49. The molecular formula is C18H17BrO. The third kappa shape index (κ3) is 2.45. The Morgan fingerprint density at radius 2 is 2.00 bits per heavy atom. The second-order valence-corrected chi connectivity index (χ2v) is 6.33. The normalized spacial score (nSPS) is 17.6. The number of Topliss-reactive ketones (excluding diaryl/α,β-unsaturated/α-hetero) is 1. The van der Waals surface area contributed by atoms with E-state index in [1.54, 1.807) is 0 Å². The van der Waals surface area contributed by atoms with Crippen LogP contribution in [0.4, 0.5) is 0 Å². The zero-order valence-electron chi connectivity index (χ0n) is 11.5. The Balaban J connectivity index is 1.97. The van der Waals surface area contributed by atoms with Crippen LogP contribution in [-0.4, -0.2) is 5.78 Å². The van der Waals surface area contributed by atoms with Crippen molar-refractivity contribution in [2.75, 3.05) is 0 Å². The van der Waals surface area contributed by atoms with Crippen molar-refractivity contribution >= 4 is 21.7 Å². The molecule has 2 heteroatoms. The minimum atomic E-state index is 0.0283. The van der Waals surface area contributed by atoms with E-state index in [9.17, 15) is 4.79 Å². The van der Waals surface area contributed by atoms with Crippen molar-refractivity contribution in [2.45, 2.75) is 32.1 Å². The topological polar surface area (TPSA) is 17.1 Å². The van der Waals surface area contributed by atoms with Crippen LogP contribution in [0.2, 0.25) is 0 Å². The first-order valence-electron chi connectivity index (χ1n) is 7.05. The summed E-state index contributed by atoms with van der Waals surface area (Å²) in [5.41, 5.74) is 4.50. The van der Waals surface area contributed by atoms with Gasteiger partial charge in [-0.15, -0.1) is 0 Å². The van der Waals surface area contributed by atoms with Crippen molar-refractivity contribution in [3.8, 4) is 0 Å². The van der Waals surface area contributed by atoms with Gasteiger partial charge in [0.25, 0.3) is 0 Å². The van der Waals surface area contributed by atoms with Gasteiger partial charge >= 0.3 is 0 Å². The molecule has 0 heterocycles. The monoisotopic (exact) mass is 328 g/mol. The smallest absolute Gasteiger partial charge is 0.170 e. The molecule has 1 aliphatic carbocycles. The van der Waals surface area contributed by atoms with Gasteiger partial charge in [-0.2, -0.15) is 0 Å². The number of carbonyl (C=O) groups is 1. The second kappa shape index (κ2) is 5.53. The zero-order chi connectivity index (χ0) is 14.1. The molecule has 0 saturated carbocycles. The van der Waals surface area contributed by atoms with Gasteiger partial charge in [0.1, 0.15) is 0 Å². The Labute approximate surface area is 128 Å². The third-order valence-corrected chi connectivity index (χ3v) is 5.02. The first-order chi connectivity index (χ1) is 9.66. The lowest BCUT2D eigenvalue weighted by Crippen LogP contribution is -2.18. The maximum absolute atomic E-state index is 12.8. The van der Waals surface area contributed by atoms with Gasteiger partial charge in [-0.1, -0.05) is 46.3 Å². The number of carbonyl (C=O) groups excluding carboxylic acids is 1. The highest BCUT2D eigenvalue weighted by Gasteiger charge is 2.27. The number of aryl methyl sites for hydroxylation is 2. The summed E-state index contributed by atoms with van der Waals surface area (Å²) in [4.78, 5) is 12.8. The van der Waals surface area contributed by atoms with Crippen LogP contribution in [0.15, 0.2) is 46.9 Å². The van der Waals surface area contributed by atoms with Crippen molar-refractivity contribution < 1.29 is 4.79 Å². The van der Waals surface area contributed by atoms with E-state index in [-0.39, 0.29) is 11.7 Å². The highest BCUT2D eigenvalue weighted by Crippen LogP contribution is 2.34. The standard InChI is InChI=1S/C18H17BrO/c1-12-11-14(9-10-17(12)19)18(20)16-8-4-6-13-5-2-3-7-15(13)16/h2-3,5,7,9-11,16H,4,6,8H2,1H3. The third-order valence-electron chi connectivity index (χ3n) is 4.13. The van der Waals surface area contributed by atoms with Crippen LogP contribution in [0, 0.1) is 6.92 Å². The summed E-state index contributed by atoms with van der Waals surface area (Å²) in [7, 11) is 0. The molecular weight excluding hydrogens is 312 g/mol. The molecule has 2 aromatic carbocycles. The van der Waals surface area contributed by atoms with E-state index >= 15 is 0 Å². The number of fused-ring (bicyclic) bond motifs is 1. The molecule has 0 radical (unpaired) electrons. The molecule has 0 amide bonds. The van der Waals surface area contributed by atoms with Crippen molar-refractivity contribution in [1.82, 2.24) is 0 Å². The lowest BCUT2D eigenvalue weighted by atomic mass is 9.79. The van der Waals surface area contributed by atoms with Crippen LogP contribution in [0.5, 0.6) is 0 Å². The number of hydrogen-bond donors (Lipinski definition) is 0. The fraction of sp³-hybridized carbons (Fsp3) is 0.278. The van der Waals surface area contributed by atoms with Gasteiger partial charge < -0.3 is 0 Å². The maximum atomic E-state index is 12.8. The Hall–Kier alpha value is -1.41. The van der Waals surface area contributed by atoms with Crippen LogP contribution in [0.25, 0.3) is 0 Å². The SMILES string of the molecule is Cc1cc(C(=O)C2CCCc3ccccc32)ccc1Br. The minimum Gasteiger partial charge on any atom is -0.293 e. The van der Waals surface area contributed by atoms with E-state index in [2.05, 4.69) is 34.1 Å². The van der Waals surface area contributed by atoms with E-state index < -0.39 is 0 Å². The molecule has 0 spiro atoms. The molecule has 0 N–H and O–H groups in total. The van der Waals surface area contributed by atoms with Crippen LogP contribution in [0.1, 0.15) is 45.8 Å². The van der Waals surface area contributed by atoms with E-state index in [1.807, 2.05) is 31.2 Å². The lowest BCUT2D eigenvalue weighted by Gasteiger charge is -2.24. The molecule has 1 aliphatic rings. The number of rotatable bonds is 2. The van der Waals surface area contributed by atoms with E-state index in [4.69, 9.17) is 0 Å². The summed E-state index contributed by atoms with van der Waals surface area (Å²) in [6, 6.07) is 14.3. The van der Waals surface area contributed by atoms with Gasteiger partial charge in [0.05, 0.1) is 0 Å². The molecule has 102 valence electrons. The van der Waals surface area contributed by atoms with Crippen LogP contribution in [0.3, 0.4) is 0 Å². The van der Waals surface area contributed by atoms with Crippen molar-refractivity contribution in [1.29, 1.82) is 0 Å². The van der Waals surface area contributed by atoms with Crippen molar-refractivity contribution in [2.24, 2.45) is 0 Å². The molecule has 0 aliphatic heterocycles. The predicted octanol–water partition coefficient (Wildman–Crippen LogP) is 5.06. The number of benzene rings is 2. The molecule has 2 aromatic rings. The highest BCUT2D eigenvalue weighted by molar-refractivity contribution is 9.10. The Bertz CT molecular complexity index is 660. The number of halogens is 1. The van der Waals surface area contributed by atoms with E-state index in [1.165, 1.54) is 11.1 Å². The number of hydrogen-bond acceptors (Lipinski definition) is 1. The van der Waals surface area contributed by atoms with Gasteiger partial charge in [0.2, 0.25) is 0 Å². The molecule has 0 saturated heterocycles. The van der Waals surface area contributed by atoms with Crippen molar-refractivity contribution in [3.05, 3.63) is 69.2 Å². The minimum absolute atomic E-state index is 0.0283. The summed E-state index contributed by atoms with van der Waals surface area (Å²) in [6.07, 6.45) is 3.16. The maximum Gasteiger partial charge on any atom is 0.170 e. The molecule has 0 aromatic heterocycles. The quantitative estimate of drug-likeness (QED) is 0.704. The Kier molecular flexibility index (Phi) is 3.75. The van der Waals surface area contributed by atoms with Crippen molar-refractivity contribution in [3.63, 3.8) is 0 Å². The summed E-state index contributed by atoms with van der Waals surface area (Å²) < 4.78 is 1.05. The largest absolute Gasteiger partial charge is 0.293 e. The predicted molar refractivity (Wildman–Crippen MR) is 85.3 cm³/mol. The van der Waals surface area contributed by atoms with Gasteiger partial charge in [0.15, 0.2) is 5.78 Å². The molecule has 3 rings (SSSR count). The molecule has 1 nitrogen and oxygen atoms in total. The first kappa shape index (κ1) is 13.6. The average molecular weight is 329 g/mol. The Morgan fingerprint density at radius 1 is 1.20 bits per heavy atom. The van der Waals surface area contributed by atoms with Crippen LogP contribution >= 0.6 is 15.9 Å². The molecule has 20 heavy (non-hydrogen) atoms.